The number of hydrogen-bond donors (Lipinski definition) is 3. The predicted octanol–water partition coefficient (Wildman–Crippen LogP) is 0.679. The van der Waals surface area contributed by atoms with Crippen molar-refractivity contribution in [3.8, 4) is 0 Å². The van der Waals surface area contributed by atoms with Crippen molar-refractivity contribution in [2.75, 3.05) is 6.54 Å². The van der Waals surface area contributed by atoms with Gasteiger partial charge in [0.2, 0.25) is 5.91 Å². The van der Waals surface area contributed by atoms with Gasteiger partial charge in [0, 0.05) is 12.6 Å². The van der Waals surface area contributed by atoms with Gasteiger partial charge in [-0.05, 0) is 31.6 Å². The third-order valence-electron chi connectivity index (χ3n) is 4.51. The van der Waals surface area contributed by atoms with Crippen molar-refractivity contribution in [1.29, 1.82) is 0 Å². The lowest BCUT2D eigenvalue weighted by Gasteiger charge is -2.30. The van der Waals surface area contributed by atoms with Crippen LogP contribution in [0.2, 0.25) is 0 Å². The van der Waals surface area contributed by atoms with E-state index in [4.69, 9.17) is 10.8 Å². The van der Waals surface area contributed by atoms with Gasteiger partial charge in [-0.1, -0.05) is 12.8 Å². The Bertz CT molecular complexity index is 420. The number of aliphatic carboxylic acids is 1. The van der Waals surface area contributed by atoms with Gasteiger partial charge in [0.15, 0.2) is 0 Å². The number of carboxylic acids is 1. The Hall–Kier alpha value is -1.79. The molecule has 0 aromatic heterocycles. The highest BCUT2D eigenvalue weighted by molar-refractivity contribution is 5.87. The lowest BCUT2D eigenvalue weighted by Crippen LogP contribution is -2.51. The molecule has 1 saturated heterocycles. The van der Waals surface area contributed by atoms with Crippen LogP contribution in [0, 0.1) is 5.92 Å². The minimum absolute atomic E-state index is 0.204. The van der Waals surface area contributed by atoms with Gasteiger partial charge in [-0.25, -0.2) is 9.59 Å². The summed E-state index contributed by atoms with van der Waals surface area (Å²) in [6, 6.07) is -1.44. The maximum absolute atomic E-state index is 12.3. The smallest absolute Gasteiger partial charge is 0.326 e. The summed E-state index contributed by atoms with van der Waals surface area (Å²) in [5.74, 6) is -1.45. The molecule has 7 heteroatoms. The number of primary amides is 1. The topological polar surface area (TPSA) is 113 Å². The summed E-state index contributed by atoms with van der Waals surface area (Å²) in [5, 5.41) is 11.5. The van der Waals surface area contributed by atoms with Gasteiger partial charge < -0.3 is 21.1 Å². The first-order valence-corrected chi connectivity index (χ1v) is 7.57. The average molecular weight is 297 g/mol. The third-order valence-corrected chi connectivity index (χ3v) is 4.51. The maximum atomic E-state index is 12.3. The van der Waals surface area contributed by atoms with E-state index in [-0.39, 0.29) is 12.5 Å². The predicted molar refractivity (Wildman–Crippen MR) is 75.5 cm³/mol. The Morgan fingerprint density at radius 3 is 2.43 bits per heavy atom. The van der Waals surface area contributed by atoms with Crippen LogP contribution in [0.4, 0.5) is 4.79 Å². The lowest BCUT2D eigenvalue weighted by molar-refractivity contribution is -0.141. The average Bonchev–Trinajstić information content (AvgIpc) is 3.07. The number of amides is 3. The van der Waals surface area contributed by atoms with Crippen molar-refractivity contribution in [2.45, 2.75) is 57.0 Å². The number of likely N-dealkylation sites (tertiary alicyclic amines) is 1. The fraction of sp³-hybridized carbons (Fsp3) is 0.786. The van der Waals surface area contributed by atoms with Crippen LogP contribution in [-0.4, -0.2) is 46.5 Å². The van der Waals surface area contributed by atoms with Gasteiger partial charge in [-0.3, -0.25) is 4.79 Å². The van der Waals surface area contributed by atoms with Crippen LogP contribution >= 0.6 is 0 Å². The molecule has 0 spiro atoms. The molecule has 0 aromatic carbocycles. The largest absolute Gasteiger partial charge is 0.480 e. The zero-order chi connectivity index (χ0) is 15.4. The highest BCUT2D eigenvalue weighted by Gasteiger charge is 2.37. The molecule has 2 aliphatic rings. The molecule has 0 bridgehead atoms. The molecule has 4 N–H and O–H groups in total. The van der Waals surface area contributed by atoms with Crippen LogP contribution in [0.25, 0.3) is 0 Å². The summed E-state index contributed by atoms with van der Waals surface area (Å²) in [4.78, 5) is 36.0. The summed E-state index contributed by atoms with van der Waals surface area (Å²) in [6.07, 6.45) is 6.22. The molecule has 0 aromatic rings. The van der Waals surface area contributed by atoms with Crippen molar-refractivity contribution in [2.24, 2.45) is 11.7 Å². The first-order valence-electron chi connectivity index (χ1n) is 7.57. The number of carboxylic acid groups (broad SMARTS) is 1. The molecule has 1 heterocycles. The molecule has 3 amide bonds. The molecule has 118 valence electrons. The molecule has 1 saturated carbocycles. The number of rotatable bonds is 5. The number of carbonyl (C=O) groups excluding carboxylic acids is 2. The molecular formula is C14H23N3O4. The second kappa shape index (κ2) is 6.78. The quantitative estimate of drug-likeness (QED) is 0.692. The van der Waals surface area contributed by atoms with E-state index in [1.165, 1.54) is 12.8 Å². The van der Waals surface area contributed by atoms with Gasteiger partial charge >= 0.3 is 12.0 Å². The second-order valence-electron chi connectivity index (χ2n) is 5.96. The van der Waals surface area contributed by atoms with E-state index in [1.807, 2.05) is 0 Å². The van der Waals surface area contributed by atoms with Crippen molar-refractivity contribution >= 4 is 17.9 Å². The van der Waals surface area contributed by atoms with E-state index in [0.29, 0.717) is 12.5 Å². The molecule has 2 atom stereocenters. The number of nitrogens with two attached hydrogens (primary N) is 1. The number of nitrogens with one attached hydrogen (secondary N) is 1. The number of urea groups is 1. The Labute approximate surface area is 123 Å². The van der Waals surface area contributed by atoms with Crippen molar-refractivity contribution in [1.82, 2.24) is 10.2 Å². The summed E-state index contributed by atoms with van der Waals surface area (Å²) >= 11 is 0. The van der Waals surface area contributed by atoms with Crippen LogP contribution in [0.1, 0.15) is 44.9 Å². The summed E-state index contributed by atoms with van der Waals surface area (Å²) in [6.45, 7) is 0.649. The zero-order valence-electron chi connectivity index (χ0n) is 12.1. The first kappa shape index (κ1) is 15.6. The number of hydrogen-bond acceptors (Lipinski definition) is 3. The third kappa shape index (κ3) is 3.86. The number of nitrogens with zero attached hydrogens (tertiary/aromatic N) is 1. The molecule has 21 heavy (non-hydrogen) atoms. The fourth-order valence-corrected chi connectivity index (χ4v) is 3.51. The van der Waals surface area contributed by atoms with Crippen LogP contribution in [0.5, 0.6) is 0 Å². The molecule has 7 nitrogen and oxygen atoms in total. The standard InChI is InChI=1S/C14H23N3O4/c15-12(18)8-10(13(19)20)16-14(21)17-7-3-6-11(17)9-4-1-2-5-9/h9-11H,1-8H2,(H2,15,18)(H,16,21)(H,19,20)/t10-,11?/m0/s1. The Balaban J connectivity index is 1.97. The Morgan fingerprint density at radius 1 is 1.19 bits per heavy atom. The van der Waals surface area contributed by atoms with Gasteiger partial charge in [-0.15, -0.1) is 0 Å². The van der Waals surface area contributed by atoms with Gasteiger partial charge in [0.25, 0.3) is 0 Å². The molecule has 1 aliphatic carbocycles. The van der Waals surface area contributed by atoms with E-state index in [1.54, 1.807) is 4.90 Å². The Morgan fingerprint density at radius 2 is 1.86 bits per heavy atom. The SMILES string of the molecule is NC(=O)C[C@H](NC(=O)N1CCCC1C1CCCC1)C(=O)O. The van der Waals surface area contributed by atoms with E-state index in [0.717, 1.165) is 25.7 Å². The lowest BCUT2D eigenvalue weighted by atomic mass is 9.96. The second-order valence-corrected chi connectivity index (χ2v) is 5.96. The minimum atomic E-state index is -1.25. The summed E-state index contributed by atoms with van der Waals surface area (Å²) in [7, 11) is 0. The van der Waals surface area contributed by atoms with Crippen LogP contribution < -0.4 is 11.1 Å². The van der Waals surface area contributed by atoms with Gasteiger partial charge in [0.1, 0.15) is 6.04 Å². The van der Waals surface area contributed by atoms with E-state index >= 15 is 0 Å². The monoisotopic (exact) mass is 297 g/mol. The molecule has 2 fully saturated rings. The zero-order valence-corrected chi connectivity index (χ0v) is 12.1. The normalized spacial score (nSPS) is 24.0. The Kier molecular flexibility index (Phi) is 5.03. The van der Waals surface area contributed by atoms with Crippen LogP contribution in [-0.2, 0) is 9.59 Å². The molecule has 1 unspecified atom stereocenters. The van der Waals surface area contributed by atoms with Crippen molar-refractivity contribution in [3.63, 3.8) is 0 Å². The van der Waals surface area contributed by atoms with Crippen LogP contribution in [0.15, 0.2) is 0 Å². The molecule has 0 radical (unpaired) electrons. The van der Waals surface area contributed by atoms with E-state index < -0.39 is 23.9 Å². The van der Waals surface area contributed by atoms with E-state index in [9.17, 15) is 14.4 Å². The fourth-order valence-electron chi connectivity index (χ4n) is 3.51. The first-order chi connectivity index (χ1) is 9.99. The van der Waals surface area contributed by atoms with Crippen molar-refractivity contribution < 1.29 is 19.5 Å². The van der Waals surface area contributed by atoms with Gasteiger partial charge in [0.05, 0.1) is 6.42 Å². The maximum Gasteiger partial charge on any atom is 0.326 e. The number of carbonyl (C=O) groups is 3. The molecule has 1 aliphatic heterocycles. The highest BCUT2D eigenvalue weighted by atomic mass is 16.4. The summed E-state index contributed by atoms with van der Waals surface area (Å²) < 4.78 is 0. The highest BCUT2D eigenvalue weighted by Crippen LogP contribution is 2.35. The minimum Gasteiger partial charge on any atom is -0.480 e. The van der Waals surface area contributed by atoms with Gasteiger partial charge in [-0.2, -0.15) is 0 Å². The summed E-state index contributed by atoms with van der Waals surface area (Å²) in [5.41, 5.74) is 5.02. The van der Waals surface area contributed by atoms with Crippen molar-refractivity contribution in [3.05, 3.63) is 0 Å². The van der Waals surface area contributed by atoms with Crippen LogP contribution in [0.3, 0.4) is 0 Å². The molecule has 2 rings (SSSR count). The molecular weight excluding hydrogens is 274 g/mol. The van der Waals surface area contributed by atoms with E-state index in [2.05, 4.69) is 5.32 Å².